The summed E-state index contributed by atoms with van der Waals surface area (Å²) in [5.41, 5.74) is 1.41. The van der Waals surface area contributed by atoms with Gasteiger partial charge >= 0.3 is 0 Å². The van der Waals surface area contributed by atoms with Crippen molar-refractivity contribution in [3.8, 4) is 5.75 Å². The summed E-state index contributed by atoms with van der Waals surface area (Å²) in [5.74, 6) is 0.947. The highest BCUT2D eigenvalue weighted by atomic mass is 16.5. The fraction of sp³-hybridized carbons (Fsp3) is 0.667. The Labute approximate surface area is 128 Å². The third-order valence-electron chi connectivity index (χ3n) is 5.16. The quantitative estimate of drug-likeness (QED) is 0.847. The highest BCUT2D eigenvalue weighted by Gasteiger charge is 2.32. The Morgan fingerprint density at radius 1 is 1.14 bits per heavy atom. The summed E-state index contributed by atoms with van der Waals surface area (Å²) in [6.07, 6.45) is 5.35. The van der Waals surface area contributed by atoms with Gasteiger partial charge in [0.15, 0.2) is 0 Å². The molecule has 2 aliphatic heterocycles. The number of rotatable bonds is 4. The average molecular weight is 288 g/mol. The van der Waals surface area contributed by atoms with E-state index in [1.807, 2.05) is 0 Å². The van der Waals surface area contributed by atoms with Crippen molar-refractivity contribution in [3.63, 3.8) is 0 Å². The van der Waals surface area contributed by atoms with Crippen molar-refractivity contribution in [2.45, 2.75) is 44.7 Å². The Kier molecular flexibility index (Phi) is 4.81. The van der Waals surface area contributed by atoms with Crippen molar-refractivity contribution >= 4 is 0 Å². The molecule has 2 aliphatic rings. The van der Waals surface area contributed by atoms with Crippen molar-refractivity contribution in [1.82, 2.24) is 9.80 Å². The predicted octanol–water partition coefficient (Wildman–Crippen LogP) is 2.80. The maximum absolute atomic E-state index is 5.22. The molecular formula is C18H28N2O. The molecule has 2 unspecified atom stereocenters. The number of piperidine rings is 1. The van der Waals surface area contributed by atoms with Crippen LogP contribution in [-0.4, -0.2) is 55.2 Å². The Morgan fingerprint density at radius 2 is 1.95 bits per heavy atom. The third-order valence-corrected chi connectivity index (χ3v) is 5.16. The average Bonchev–Trinajstić information content (AvgIpc) is 2.53. The lowest BCUT2D eigenvalue weighted by Gasteiger charge is -2.47. The summed E-state index contributed by atoms with van der Waals surface area (Å²) in [6, 6.07) is 10.0. The molecule has 21 heavy (non-hydrogen) atoms. The molecule has 3 rings (SSSR count). The lowest BCUT2D eigenvalue weighted by atomic mass is 9.97. The van der Waals surface area contributed by atoms with Crippen LogP contribution >= 0.6 is 0 Å². The van der Waals surface area contributed by atoms with Gasteiger partial charge in [0.1, 0.15) is 5.75 Å². The van der Waals surface area contributed by atoms with Crippen LogP contribution in [0.4, 0.5) is 0 Å². The number of methoxy groups -OCH3 is 1. The van der Waals surface area contributed by atoms with Crippen LogP contribution in [0.1, 0.15) is 31.7 Å². The molecule has 2 heterocycles. The first-order valence-corrected chi connectivity index (χ1v) is 8.37. The molecule has 0 amide bonds. The first kappa shape index (κ1) is 14.9. The smallest absolute Gasteiger partial charge is 0.118 e. The van der Waals surface area contributed by atoms with Crippen LogP contribution in [0.2, 0.25) is 0 Å². The Balaban J connectivity index is 1.54. The molecule has 3 heteroatoms. The van der Waals surface area contributed by atoms with E-state index in [0.29, 0.717) is 6.04 Å². The topological polar surface area (TPSA) is 15.7 Å². The normalized spacial score (nSPS) is 27.3. The second-order valence-corrected chi connectivity index (χ2v) is 6.59. The summed E-state index contributed by atoms with van der Waals surface area (Å²) in [5, 5.41) is 0. The highest BCUT2D eigenvalue weighted by molar-refractivity contribution is 5.27. The molecule has 0 aliphatic carbocycles. The summed E-state index contributed by atoms with van der Waals surface area (Å²) < 4.78 is 5.22. The number of ether oxygens (including phenoxy) is 1. The number of hydrogen-bond acceptors (Lipinski definition) is 3. The van der Waals surface area contributed by atoms with Crippen molar-refractivity contribution in [2.24, 2.45) is 0 Å². The van der Waals surface area contributed by atoms with E-state index in [4.69, 9.17) is 4.74 Å². The lowest BCUT2D eigenvalue weighted by molar-refractivity contribution is 0.0160. The molecular weight excluding hydrogens is 260 g/mol. The maximum Gasteiger partial charge on any atom is 0.118 e. The first-order chi connectivity index (χ1) is 10.3. The van der Waals surface area contributed by atoms with Gasteiger partial charge in [-0.05, 0) is 50.4 Å². The molecule has 0 aromatic heterocycles. The van der Waals surface area contributed by atoms with E-state index < -0.39 is 0 Å². The van der Waals surface area contributed by atoms with E-state index in [9.17, 15) is 0 Å². The standard InChI is InChI=1S/C18H28N2O/c1-15-13-20-11-4-3-5-17(20)14-19(15)12-10-16-6-8-18(21-2)9-7-16/h6-9,15,17H,3-5,10-14H2,1-2H3. The van der Waals surface area contributed by atoms with Crippen LogP contribution in [0, 0.1) is 0 Å². The Morgan fingerprint density at radius 3 is 2.71 bits per heavy atom. The molecule has 2 saturated heterocycles. The van der Waals surface area contributed by atoms with Crippen molar-refractivity contribution in [2.75, 3.05) is 33.3 Å². The summed E-state index contributed by atoms with van der Waals surface area (Å²) >= 11 is 0. The minimum Gasteiger partial charge on any atom is -0.497 e. The summed E-state index contributed by atoms with van der Waals surface area (Å²) in [7, 11) is 1.72. The summed E-state index contributed by atoms with van der Waals surface area (Å²) in [6.45, 7) is 7.41. The van der Waals surface area contributed by atoms with Gasteiger partial charge in [-0.25, -0.2) is 0 Å². The van der Waals surface area contributed by atoms with E-state index >= 15 is 0 Å². The number of fused-ring (bicyclic) bond motifs is 1. The fourth-order valence-corrected chi connectivity index (χ4v) is 3.79. The Bertz CT molecular complexity index is 445. The van der Waals surface area contributed by atoms with Gasteiger partial charge in [0.2, 0.25) is 0 Å². The van der Waals surface area contributed by atoms with Crippen LogP contribution < -0.4 is 4.74 Å². The van der Waals surface area contributed by atoms with Gasteiger partial charge in [0.05, 0.1) is 7.11 Å². The van der Waals surface area contributed by atoms with Gasteiger partial charge in [0.25, 0.3) is 0 Å². The van der Waals surface area contributed by atoms with Gasteiger partial charge < -0.3 is 4.74 Å². The van der Waals surface area contributed by atoms with Crippen molar-refractivity contribution in [1.29, 1.82) is 0 Å². The molecule has 3 nitrogen and oxygen atoms in total. The van der Waals surface area contributed by atoms with Crippen LogP contribution in [0.15, 0.2) is 24.3 Å². The molecule has 0 bridgehead atoms. The molecule has 0 radical (unpaired) electrons. The van der Waals surface area contributed by atoms with E-state index in [0.717, 1.165) is 18.2 Å². The molecule has 1 aromatic rings. The van der Waals surface area contributed by atoms with Crippen LogP contribution in [-0.2, 0) is 6.42 Å². The van der Waals surface area contributed by atoms with Gasteiger partial charge in [-0.2, -0.15) is 0 Å². The number of piperazine rings is 1. The zero-order chi connectivity index (χ0) is 14.7. The lowest BCUT2D eigenvalue weighted by Crippen LogP contribution is -2.58. The Hall–Kier alpha value is -1.06. The minimum atomic E-state index is 0.692. The monoisotopic (exact) mass is 288 g/mol. The first-order valence-electron chi connectivity index (χ1n) is 8.37. The minimum absolute atomic E-state index is 0.692. The molecule has 0 N–H and O–H groups in total. The zero-order valence-electron chi connectivity index (χ0n) is 13.4. The summed E-state index contributed by atoms with van der Waals surface area (Å²) in [4.78, 5) is 5.41. The molecule has 2 atom stereocenters. The third kappa shape index (κ3) is 3.58. The second kappa shape index (κ2) is 6.80. The molecule has 2 fully saturated rings. The predicted molar refractivity (Wildman–Crippen MR) is 86.9 cm³/mol. The molecule has 1 aromatic carbocycles. The van der Waals surface area contributed by atoms with Crippen LogP contribution in [0.5, 0.6) is 5.75 Å². The fourth-order valence-electron chi connectivity index (χ4n) is 3.79. The van der Waals surface area contributed by atoms with Gasteiger partial charge in [-0.3, -0.25) is 9.80 Å². The van der Waals surface area contributed by atoms with E-state index in [1.165, 1.54) is 51.0 Å². The molecule has 116 valence electrons. The van der Waals surface area contributed by atoms with Gasteiger partial charge in [0, 0.05) is 31.7 Å². The molecule has 0 saturated carbocycles. The number of benzene rings is 1. The largest absolute Gasteiger partial charge is 0.497 e. The molecule has 0 spiro atoms. The second-order valence-electron chi connectivity index (χ2n) is 6.59. The zero-order valence-corrected chi connectivity index (χ0v) is 13.4. The van der Waals surface area contributed by atoms with E-state index in [-0.39, 0.29) is 0 Å². The number of nitrogens with zero attached hydrogens (tertiary/aromatic N) is 2. The van der Waals surface area contributed by atoms with Crippen LogP contribution in [0.3, 0.4) is 0 Å². The van der Waals surface area contributed by atoms with Gasteiger partial charge in [-0.1, -0.05) is 18.6 Å². The number of hydrogen-bond donors (Lipinski definition) is 0. The SMILES string of the molecule is COc1ccc(CCN2CC3CCCCN3CC2C)cc1. The van der Waals surface area contributed by atoms with Crippen molar-refractivity contribution in [3.05, 3.63) is 29.8 Å². The van der Waals surface area contributed by atoms with Gasteiger partial charge in [-0.15, -0.1) is 0 Å². The maximum atomic E-state index is 5.22. The van der Waals surface area contributed by atoms with E-state index in [2.05, 4.69) is 41.0 Å². The van der Waals surface area contributed by atoms with E-state index in [1.54, 1.807) is 7.11 Å². The van der Waals surface area contributed by atoms with Crippen LogP contribution in [0.25, 0.3) is 0 Å². The highest BCUT2D eigenvalue weighted by Crippen LogP contribution is 2.24. The van der Waals surface area contributed by atoms with Crippen molar-refractivity contribution < 1.29 is 4.74 Å².